The zero-order valence-corrected chi connectivity index (χ0v) is 32.4. The number of hydrogen-bond donors (Lipinski definition) is 0. The van der Waals surface area contributed by atoms with E-state index in [1.165, 1.54) is 0 Å². The van der Waals surface area contributed by atoms with Crippen molar-refractivity contribution < 1.29 is 0 Å². The van der Waals surface area contributed by atoms with Crippen molar-refractivity contribution in [3.63, 3.8) is 0 Å². The van der Waals surface area contributed by atoms with Crippen molar-refractivity contribution in [2.45, 2.75) is 0 Å². The Morgan fingerprint density at radius 3 is 0.600 bits per heavy atom. The minimum atomic E-state index is 0. The summed E-state index contributed by atoms with van der Waals surface area (Å²) in [6.07, 6.45) is 0. The molecule has 0 aromatic carbocycles. The van der Waals surface area contributed by atoms with Crippen molar-refractivity contribution in [1.29, 1.82) is 0 Å². The molecule has 0 amide bonds. The molecule has 4 heteroatoms. The molecule has 0 fully saturated rings. The van der Waals surface area contributed by atoms with Gasteiger partial charge in [0.15, 0.2) is 0 Å². The van der Waals surface area contributed by atoms with Crippen LogP contribution in [0.5, 0.6) is 0 Å². The zero-order valence-electron chi connectivity index (χ0n) is 6.81. The molecular weight excluding hydrogens is 1140 g/mol. The summed E-state index contributed by atoms with van der Waals surface area (Å²) in [6.45, 7) is 14.4. The van der Waals surface area contributed by atoms with Crippen LogP contribution in [0.15, 0.2) is 0 Å². The predicted octanol–water partition coefficient (Wildman–Crippen LogP) is 1.56. The molecule has 0 nitrogen and oxygen atoms in total. The Bertz CT molecular complexity index is 30.7. The first-order valence-electron chi connectivity index (χ1n) is 1.97. The van der Waals surface area contributed by atoms with Gasteiger partial charge in [0.05, 0.1) is 0 Å². The number of hydrogen-bond acceptors (Lipinski definition) is 0. The van der Waals surface area contributed by atoms with E-state index in [1.54, 1.807) is 0 Å². The Kier molecular flexibility index (Phi) is 300. The average molecular weight is 1150 g/mol. The van der Waals surface area contributed by atoms with Gasteiger partial charge in [-0.15, -0.1) is 0 Å². The molecule has 0 saturated heterocycles. The first-order valence-corrected chi connectivity index (χ1v) is 1.97. The maximum Gasteiger partial charge on any atom is 0 e. The topological polar surface area (TPSA) is 0 Å². The quantitative estimate of drug-likeness (QED) is 0.351. The van der Waals surface area contributed by atoms with Crippen LogP contribution in [0.1, 0.15) is 0 Å². The average Bonchev–Trinajstić information content (AvgIpc) is 1.36. The molecule has 0 bridgehead atoms. The number of rotatable bonds is 1. The third-order valence-corrected chi connectivity index (χ3v) is 0.667. The van der Waals surface area contributed by atoms with Crippen LogP contribution in [-0.2, 0) is 0 Å². The van der Waals surface area contributed by atoms with Gasteiger partial charge in [-0.3, -0.25) is 0 Å². The summed E-state index contributed by atoms with van der Waals surface area (Å²) >= 11 is 0. The van der Waals surface area contributed by atoms with Crippen molar-refractivity contribution >= 4 is 0 Å². The van der Waals surface area contributed by atoms with Gasteiger partial charge in [0.1, 0.15) is 0 Å². The Hall–Kier alpha value is -4.00. The van der Waals surface area contributed by atoms with Crippen LogP contribution < -0.4 is 0 Å². The van der Waals surface area contributed by atoms with E-state index in [1.807, 2.05) is 0 Å². The molecule has 0 aliphatic rings. The summed E-state index contributed by atoms with van der Waals surface area (Å²) in [5.74, 6) is 0.259. The van der Waals surface area contributed by atoms with Crippen LogP contribution in [0.2, 0.25) is 0 Å². The fourth-order valence-electron chi connectivity index (χ4n) is 0. The first-order chi connectivity index (χ1) is 2.64. The molecule has 0 heterocycles. The molecule has 0 radical (unpaired) electrons. The zero-order chi connectivity index (χ0) is 5.15. The SMILES string of the molecule is [CH2-]C([CH2-])C([CH2-])[CH2-].[Rf].[Rf].[Rf].[Rf]. The van der Waals surface area contributed by atoms with Gasteiger partial charge >= 0.3 is 0 Å². The molecule has 0 spiro atoms. The van der Waals surface area contributed by atoms with Gasteiger partial charge in [0.2, 0.25) is 0 Å². The van der Waals surface area contributed by atoms with E-state index in [-0.39, 0.29) is 11.8 Å². The van der Waals surface area contributed by atoms with Gasteiger partial charge in [0, 0.05) is 0 Å². The largest absolute Gasteiger partial charge is 0.374 e. The Morgan fingerprint density at radius 1 is 0.500 bits per heavy atom. The fourth-order valence-corrected chi connectivity index (χ4v) is 0. The summed E-state index contributed by atoms with van der Waals surface area (Å²) in [5, 5.41) is 0. The maximum atomic E-state index is 3.60. The minimum Gasteiger partial charge on any atom is -0.374 e. The summed E-state index contributed by atoms with van der Waals surface area (Å²) in [7, 11) is 0. The second-order valence-electron chi connectivity index (χ2n) is 1.52. The maximum absolute atomic E-state index is 3.60. The van der Waals surface area contributed by atoms with Gasteiger partial charge in [-0.05, 0) is 0 Å². The molecule has 10 heavy (non-hydrogen) atoms. The predicted molar refractivity (Wildman–Crippen MR) is 28.4 cm³/mol. The fraction of sp³-hybridized carbons (Fsp3) is 0.333. The van der Waals surface area contributed by atoms with E-state index in [0.717, 1.165) is 0 Å². The molecule has 0 aromatic rings. The van der Waals surface area contributed by atoms with Gasteiger partial charge in [-0.2, -0.15) is 0 Å². The van der Waals surface area contributed by atoms with Crippen LogP contribution in [0.3, 0.4) is 0 Å². The summed E-state index contributed by atoms with van der Waals surface area (Å²) in [6, 6.07) is 0. The van der Waals surface area contributed by atoms with Crippen LogP contribution in [0.25, 0.3) is 0 Å². The molecule has 0 rings (SSSR count). The molecule has 0 aliphatic carbocycles. The second-order valence-corrected chi connectivity index (χ2v) is 1.52. The third kappa shape index (κ3) is 0. The molecular formula is C6H10Rf4-4. The van der Waals surface area contributed by atoms with Crippen molar-refractivity contribution in [3.05, 3.63) is 27.7 Å². The third-order valence-electron chi connectivity index (χ3n) is 0.667. The summed E-state index contributed by atoms with van der Waals surface area (Å²) < 4.78 is 0. The van der Waals surface area contributed by atoms with Crippen molar-refractivity contribution in [2.24, 2.45) is 11.8 Å². The van der Waals surface area contributed by atoms with Crippen molar-refractivity contribution in [2.75, 3.05) is 0 Å². The Morgan fingerprint density at radius 2 is 0.600 bits per heavy atom. The van der Waals surface area contributed by atoms with Crippen LogP contribution >= 0.6 is 0 Å². The summed E-state index contributed by atoms with van der Waals surface area (Å²) in [4.78, 5) is 0. The normalized spacial score (nSPS) is 6.60. The van der Waals surface area contributed by atoms with E-state index in [2.05, 4.69) is 27.7 Å². The van der Waals surface area contributed by atoms with Gasteiger partial charge in [-0.25, -0.2) is 0 Å². The van der Waals surface area contributed by atoms with Crippen LogP contribution in [-0.4, -0.2) is 0 Å². The second kappa shape index (κ2) is 20.0. The van der Waals surface area contributed by atoms with E-state index in [4.69, 9.17) is 0 Å². The molecule has 0 saturated carbocycles. The molecule has 0 aromatic heterocycles. The van der Waals surface area contributed by atoms with Crippen molar-refractivity contribution in [3.8, 4) is 0 Å². The van der Waals surface area contributed by atoms with E-state index >= 15 is 0 Å². The van der Waals surface area contributed by atoms with E-state index in [9.17, 15) is 0 Å². The minimum absolute atomic E-state index is 0. The monoisotopic (exact) mass is 1150 g/mol. The molecule has 0 aliphatic heterocycles. The van der Waals surface area contributed by atoms with Gasteiger partial charge in [-0.1, -0.05) is 0 Å². The van der Waals surface area contributed by atoms with E-state index < -0.39 is 0 Å². The first kappa shape index (κ1) is 150. The molecule has 0 unspecified atom stereocenters. The Balaban J connectivity index is -0.0000000208. The molecule has 0 atom stereocenters. The molecule has 0 N–H and O–H groups in total. The van der Waals surface area contributed by atoms with Gasteiger partial charge in [0.25, 0.3) is 0 Å². The van der Waals surface area contributed by atoms with Crippen LogP contribution in [0.4, 0.5) is 0 Å². The standard InChI is InChI=1S/C6H10.4Rf/c1-5(2)6(3)4;;;;/h5-6H,1-4H2;;;;/q-4;;;;. The summed E-state index contributed by atoms with van der Waals surface area (Å²) in [5.41, 5.74) is 0. The van der Waals surface area contributed by atoms with E-state index in [0.29, 0.717) is 0 Å². The van der Waals surface area contributed by atoms with Crippen LogP contribution in [0, 0.1) is 39.5 Å². The van der Waals surface area contributed by atoms with Crippen molar-refractivity contribution in [1.82, 2.24) is 0 Å². The molecule has 46 valence electrons. The Labute approximate surface area is 40.6 Å². The van der Waals surface area contributed by atoms with Gasteiger partial charge < -0.3 is 39.5 Å². The smallest absolute Gasteiger partial charge is 0 e.